The van der Waals surface area contributed by atoms with Gasteiger partial charge in [-0.15, -0.1) is 0 Å². The Balaban J connectivity index is 4.20. The van der Waals surface area contributed by atoms with Crippen LogP contribution in [0.15, 0.2) is 0 Å². The highest BCUT2D eigenvalue weighted by Crippen LogP contribution is 2.34. The lowest BCUT2D eigenvalue weighted by molar-refractivity contribution is 0.192. The summed E-state index contributed by atoms with van der Waals surface area (Å²) in [6, 6.07) is 0. The second kappa shape index (κ2) is 7.28. The zero-order chi connectivity index (χ0) is 11.0. The van der Waals surface area contributed by atoms with E-state index in [0.29, 0.717) is 5.41 Å². The predicted molar refractivity (Wildman–Crippen MR) is 65.6 cm³/mol. The Bertz CT molecular complexity index is 127. The summed E-state index contributed by atoms with van der Waals surface area (Å²) in [5, 5.41) is 3.52. The van der Waals surface area contributed by atoms with Gasteiger partial charge in [0.15, 0.2) is 0 Å². The van der Waals surface area contributed by atoms with E-state index in [1.807, 2.05) is 0 Å². The fourth-order valence-corrected chi connectivity index (χ4v) is 2.13. The van der Waals surface area contributed by atoms with Gasteiger partial charge in [-0.1, -0.05) is 41.0 Å². The maximum Gasteiger partial charge on any atom is 0.000759 e. The number of nitrogens with one attached hydrogen (secondary N) is 1. The van der Waals surface area contributed by atoms with Crippen LogP contribution in [0.5, 0.6) is 0 Å². The van der Waals surface area contributed by atoms with E-state index in [1.54, 1.807) is 0 Å². The maximum absolute atomic E-state index is 3.52. The lowest BCUT2D eigenvalue weighted by atomic mass is 9.74. The van der Waals surface area contributed by atoms with Crippen LogP contribution in [0.2, 0.25) is 0 Å². The van der Waals surface area contributed by atoms with Gasteiger partial charge in [-0.2, -0.15) is 0 Å². The van der Waals surface area contributed by atoms with E-state index in [0.717, 1.165) is 12.5 Å². The van der Waals surface area contributed by atoms with Gasteiger partial charge in [-0.05, 0) is 37.1 Å². The lowest BCUT2D eigenvalue weighted by Gasteiger charge is -2.34. The predicted octanol–water partition coefficient (Wildman–Crippen LogP) is 3.84. The third-order valence-corrected chi connectivity index (χ3v) is 3.73. The number of hydrogen-bond acceptors (Lipinski definition) is 1. The van der Waals surface area contributed by atoms with Gasteiger partial charge in [0.1, 0.15) is 0 Å². The van der Waals surface area contributed by atoms with E-state index in [9.17, 15) is 0 Å². The monoisotopic (exact) mass is 199 g/mol. The van der Waals surface area contributed by atoms with Crippen LogP contribution in [0.1, 0.15) is 60.3 Å². The highest BCUT2D eigenvalue weighted by molar-refractivity contribution is 4.80. The quantitative estimate of drug-likeness (QED) is 0.626. The molecule has 0 aliphatic rings. The van der Waals surface area contributed by atoms with Gasteiger partial charge in [-0.3, -0.25) is 0 Å². The largest absolute Gasteiger partial charge is 0.316 e. The molecule has 0 aliphatic carbocycles. The first-order valence-corrected chi connectivity index (χ1v) is 6.34. The highest BCUT2D eigenvalue weighted by Gasteiger charge is 2.26. The molecule has 0 aromatic heterocycles. The van der Waals surface area contributed by atoms with E-state index in [2.05, 4.69) is 39.9 Å². The molecule has 0 aromatic rings. The van der Waals surface area contributed by atoms with Crippen LogP contribution >= 0.6 is 0 Å². The van der Waals surface area contributed by atoms with E-state index in [-0.39, 0.29) is 0 Å². The molecule has 0 rings (SSSR count). The van der Waals surface area contributed by atoms with Crippen molar-refractivity contribution in [2.24, 2.45) is 11.3 Å². The minimum absolute atomic E-state index is 0.547. The van der Waals surface area contributed by atoms with Crippen LogP contribution in [0.3, 0.4) is 0 Å². The molecule has 0 saturated carbocycles. The standard InChI is InChI=1S/C13H29N/c1-6-12(5)10-13(7-2,8-3)11-14-9-4/h12,14H,6-11H2,1-5H3. The molecule has 0 saturated heterocycles. The van der Waals surface area contributed by atoms with Crippen molar-refractivity contribution in [1.29, 1.82) is 0 Å². The van der Waals surface area contributed by atoms with Gasteiger partial charge in [0.05, 0.1) is 0 Å². The van der Waals surface area contributed by atoms with E-state index in [4.69, 9.17) is 0 Å². The Labute approximate surface area is 90.7 Å². The minimum atomic E-state index is 0.547. The lowest BCUT2D eigenvalue weighted by Crippen LogP contribution is -2.34. The van der Waals surface area contributed by atoms with Gasteiger partial charge in [0.25, 0.3) is 0 Å². The molecule has 0 radical (unpaired) electrons. The van der Waals surface area contributed by atoms with Gasteiger partial charge in [0, 0.05) is 6.54 Å². The average Bonchev–Trinajstić information content (AvgIpc) is 2.24. The molecule has 1 unspecified atom stereocenters. The molecule has 1 N–H and O–H groups in total. The van der Waals surface area contributed by atoms with Crippen LogP contribution in [0, 0.1) is 11.3 Å². The fourth-order valence-electron chi connectivity index (χ4n) is 2.13. The molecule has 86 valence electrons. The Morgan fingerprint density at radius 3 is 2.00 bits per heavy atom. The molecule has 1 heteroatoms. The molecule has 0 bridgehead atoms. The molecule has 0 spiro atoms. The Morgan fingerprint density at radius 1 is 1.07 bits per heavy atom. The molecule has 14 heavy (non-hydrogen) atoms. The number of hydrogen-bond donors (Lipinski definition) is 1. The molecule has 0 aromatic carbocycles. The van der Waals surface area contributed by atoms with Gasteiger partial charge >= 0.3 is 0 Å². The Hall–Kier alpha value is -0.0400. The van der Waals surface area contributed by atoms with Crippen LogP contribution in [-0.2, 0) is 0 Å². The van der Waals surface area contributed by atoms with Crippen molar-refractivity contribution >= 4 is 0 Å². The second-order valence-corrected chi connectivity index (χ2v) is 4.70. The Kier molecular flexibility index (Phi) is 7.26. The third kappa shape index (κ3) is 4.45. The fraction of sp³-hybridized carbons (Fsp3) is 1.00. The summed E-state index contributed by atoms with van der Waals surface area (Å²) in [6.45, 7) is 13.8. The third-order valence-electron chi connectivity index (χ3n) is 3.73. The van der Waals surface area contributed by atoms with Crippen LogP contribution < -0.4 is 5.32 Å². The summed E-state index contributed by atoms with van der Waals surface area (Å²) in [7, 11) is 0. The smallest absolute Gasteiger partial charge is 0.000759 e. The van der Waals surface area contributed by atoms with Crippen molar-refractivity contribution in [3.05, 3.63) is 0 Å². The van der Waals surface area contributed by atoms with Crippen LogP contribution in [0.25, 0.3) is 0 Å². The summed E-state index contributed by atoms with van der Waals surface area (Å²) in [4.78, 5) is 0. The molecular weight excluding hydrogens is 170 g/mol. The van der Waals surface area contributed by atoms with E-state index >= 15 is 0 Å². The first-order valence-electron chi connectivity index (χ1n) is 6.34. The second-order valence-electron chi connectivity index (χ2n) is 4.70. The van der Waals surface area contributed by atoms with Crippen molar-refractivity contribution in [2.75, 3.05) is 13.1 Å². The van der Waals surface area contributed by atoms with E-state index < -0.39 is 0 Å². The topological polar surface area (TPSA) is 12.0 Å². The average molecular weight is 199 g/mol. The summed E-state index contributed by atoms with van der Waals surface area (Å²) in [5.41, 5.74) is 0.547. The molecular formula is C13H29N. The SMILES string of the molecule is CCNCC(CC)(CC)CC(C)CC. The van der Waals surface area contributed by atoms with Gasteiger partial charge in [0.2, 0.25) is 0 Å². The van der Waals surface area contributed by atoms with Crippen LogP contribution in [-0.4, -0.2) is 13.1 Å². The zero-order valence-corrected chi connectivity index (χ0v) is 10.8. The van der Waals surface area contributed by atoms with Gasteiger partial charge in [-0.25, -0.2) is 0 Å². The first-order chi connectivity index (χ1) is 6.64. The molecule has 1 atom stereocenters. The number of rotatable bonds is 8. The minimum Gasteiger partial charge on any atom is -0.316 e. The highest BCUT2D eigenvalue weighted by atomic mass is 14.9. The molecule has 0 aliphatic heterocycles. The van der Waals surface area contributed by atoms with Crippen molar-refractivity contribution < 1.29 is 0 Å². The van der Waals surface area contributed by atoms with Gasteiger partial charge < -0.3 is 5.32 Å². The molecule has 0 fully saturated rings. The normalized spacial score (nSPS) is 14.4. The Morgan fingerprint density at radius 2 is 1.64 bits per heavy atom. The summed E-state index contributed by atoms with van der Waals surface area (Å²) in [6.07, 6.45) is 5.30. The summed E-state index contributed by atoms with van der Waals surface area (Å²) < 4.78 is 0. The molecule has 1 nitrogen and oxygen atoms in total. The van der Waals surface area contributed by atoms with Crippen molar-refractivity contribution in [2.45, 2.75) is 60.3 Å². The molecule has 0 heterocycles. The van der Waals surface area contributed by atoms with Crippen molar-refractivity contribution in [3.8, 4) is 0 Å². The first kappa shape index (κ1) is 14.0. The molecule has 0 amide bonds. The maximum atomic E-state index is 3.52. The van der Waals surface area contributed by atoms with E-state index in [1.165, 1.54) is 32.2 Å². The van der Waals surface area contributed by atoms with Crippen molar-refractivity contribution in [3.63, 3.8) is 0 Å². The van der Waals surface area contributed by atoms with Crippen LogP contribution in [0.4, 0.5) is 0 Å². The summed E-state index contributed by atoms with van der Waals surface area (Å²) in [5.74, 6) is 0.869. The van der Waals surface area contributed by atoms with Crippen molar-refractivity contribution in [1.82, 2.24) is 5.32 Å². The summed E-state index contributed by atoms with van der Waals surface area (Å²) >= 11 is 0. The zero-order valence-electron chi connectivity index (χ0n) is 10.8.